The number of guanidine groups is 1. The fraction of sp³-hybridized carbons (Fsp3) is 0.689. The Bertz CT molecular complexity index is 2280. The topological polar surface area (TPSA) is 502 Å². The zero-order chi connectivity index (χ0) is 59.6. The largest absolute Gasteiger partial charge is 0.481 e. The molecule has 0 aromatic rings. The Balaban J connectivity index is 2.29. The summed E-state index contributed by atoms with van der Waals surface area (Å²) in [7, 11) is 3.57. The number of nitrogens with two attached hydrogens (primary N) is 4. The number of carboxylic acids is 1. The van der Waals surface area contributed by atoms with Gasteiger partial charge in [-0.3, -0.25) is 67.3 Å². The number of carbonyl (C=O) groups is 13. The number of fused-ring (bicyclic) bond motifs is 9. The number of nitrogens with zero attached hydrogens (tertiary/aromatic N) is 2. The van der Waals surface area contributed by atoms with E-state index in [1.54, 1.807) is 13.8 Å². The number of rotatable bonds is 14. The summed E-state index contributed by atoms with van der Waals surface area (Å²) in [5, 5.41) is 45.1. The number of primary amides is 1. The number of unbranched alkanes of at least 4 members (excludes halogenated alkanes) is 1. The lowest BCUT2D eigenvalue weighted by Crippen LogP contribution is -2.61. The Hall–Kier alpha value is -6.30. The summed E-state index contributed by atoms with van der Waals surface area (Å²) in [6, 6.07) is -15.3. The first-order chi connectivity index (χ1) is 37.9. The molecule has 0 unspecified atom stereocenters. The van der Waals surface area contributed by atoms with Gasteiger partial charge < -0.3 is 91.2 Å². The van der Waals surface area contributed by atoms with Crippen LogP contribution >= 0.6 is 43.2 Å². The third-order valence-corrected chi connectivity index (χ3v) is 17.1. The van der Waals surface area contributed by atoms with Crippen LogP contribution in [0.3, 0.4) is 0 Å². The summed E-state index contributed by atoms with van der Waals surface area (Å²) in [6.07, 6.45) is 0.200. The Labute approximate surface area is 476 Å². The van der Waals surface area contributed by atoms with Crippen LogP contribution in [-0.2, 0) is 62.3 Å². The number of hydrogen-bond donors (Lipinski definition) is 16. The molecule has 0 radical (unpaired) electrons. The van der Waals surface area contributed by atoms with Gasteiger partial charge in [-0.1, -0.05) is 76.8 Å². The highest BCUT2D eigenvalue weighted by molar-refractivity contribution is 8.77. The van der Waals surface area contributed by atoms with Crippen LogP contribution < -0.4 is 76.1 Å². The summed E-state index contributed by atoms with van der Waals surface area (Å²) in [5.74, 6) is -15.3. The molecule has 31 nitrogen and oxygen atoms in total. The molecule has 20 N–H and O–H groups in total. The van der Waals surface area contributed by atoms with Gasteiger partial charge in [-0.2, -0.15) is 0 Å². The van der Waals surface area contributed by atoms with Crippen LogP contribution in [0.25, 0.3) is 0 Å². The first kappa shape index (κ1) is 68.0. The van der Waals surface area contributed by atoms with E-state index in [1.165, 1.54) is 0 Å². The van der Waals surface area contributed by atoms with Crippen molar-refractivity contribution in [3.8, 4) is 0 Å². The summed E-state index contributed by atoms with van der Waals surface area (Å²) >= 11 is 0. The van der Waals surface area contributed by atoms with Crippen LogP contribution in [0.15, 0.2) is 4.99 Å². The molecule has 3 fully saturated rings. The molecule has 10 atom stereocenters. The number of aliphatic carboxylic acids is 1. The molecule has 0 saturated carbocycles. The smallest absolute Gasteiger partial charge is 0.305 e. The highest BCUT2D eigenvalue weighted by Gasteiger charge is 2.41. The minimum absolute atomic E-state index is 0.00937. The second-order valence-electron chi connectivity index (χ2n) is 18.9. The van der Waals surface area contributed by atoms with Gasteiger partial charge >= 0.3 is 5.97 Å². The van der Waals surface area contributed by atoms with Crippen molar-refractivity contribution in [1.82, 2.24) is 58.1 Å². The van der Waals surface area contributed by atoms with E-state index in [4.69, 9.17) is 22.9 Å². The van der Waals surface area contributed by atoms with Crippen molar-refractivity contribution in [3.05, 3.63) is 0 Å². The van der Waals surface area contributed by atoms with E-state index in [2.05, 4.69) is 58.2 Å². The summed E-state index contributed by atoms with van der Waals surface area (Å²) in [4.78, 5) is 183. The van der Waals surface area contributed by atoms with Gasteiger partial charge in [-0.05, 0) is 38.0 Å². The van der Waals surface area contributed by atoms with Crippen molar-refractivity contribution >= 4 is 126 Å². The average molecular weight is 1210 g/mol. The molecule has 3 aliphatic rings. The quantitative estimate of drug-likeness (QED) is 0.0333. The zero-order valence-electron chi connectivity index (χ0n) is 44.4. The standard InChI is InChI=1S/C45H74N16O15S4/c1-4-5-8-22-36(68)51-15-32(64)52-26(35(47)67)17-77-79-19-28-40(72)57-25(16-62)38(70)56-24(13-33(65)66)44(76)61-12-7-10-30(61)42(74)54-23(9-6-11-50-45(48)49)37(69)58-29(41(73)60-34(21(2)3)43(75)55-22)20-80-78-18-27(39(71)59-28)53-31(63)14-46/h21-30,34,62H,4-20,46H2,1-3H3,(H2,47,67)(H,51,68)(H,52,64)(H,53,63)(H,54,74)(H,55,75)(H,56,70)(H,57,72)(H,58,69)(H,59,71)(H,60,73)(H,65,66)(H4,48,49,50)/t22-,23-,24-,25-,26-,27-,28-,29-,30-,34-/m0/s1. The van der Waals surface area contributed by atoms with Gasteiger partial charge in [-0.15, -0.1) is 0 Å². The minimum atomic E-state index is -1.91. The predicted octanol–water partition coefficient (Wildman–Crippen LogP) is -6.94. The van der Waals surface area contributed by atoms with Crippen LogP contribution in [-0.4, -0.2) is 214 Å². The molecule has 3 heterocycles. The van der Waals surface area contributed by atoms with E-state index in [9.17, 15) is 72.5 Å². The number of nitrogens with one attached hydrogen (secondary N) is 10. The van der Waals surface area contributed by atoms with Gasteiger partial charge in [0, 0.05) is 36.1 Å². The maximum Gasteiger partial charge on any atom is 0.305 e. The molecule has 3 rings (SSSR count). The Morgan fingerprint density at radius 2 is 1.25 bits per heavy atom. The lowest BCUT2D eigenvalue weighted by Gasteiger charge is -2.30. The number of aliphatic imine (C=N–C) groups is 1. The normalized spacial score (nSPS) is 27.2. The maximum absolute atomic E-state index is 14.5. The zero-order valence-corrected chi connectivity index (χ0v) is 47.7. The molecule has 3 aliphatic heterocycles. The van der Waals surface area contributed by atoms with Crippen LogP contribution in [0.1, 0.15) is 72.1 Å². The molecule has 0 aromatic heterocycles. The molecule has 35 heteroatoms. The van der Waals surface area contributed by atoms with Crippen LogP contribution in [0, 0.1) is 5.92 Å². The average Bonchev–Trinajstić information content (AvgIpc) is 3.90. The predicted molar refractivity (Wildman–Crippen MR) is 297 cm³/mol. The number of aliphatic hydroxyl groups is 1. The Kier molecular flexibility index (Phi) is 29.5. The van der Waals surface area contributed by atoms with Gasteiger partial charge in [0.1, 0.15) is 60.4 Å². The third kappa shape index (κ3) is 22.7. The van der Waals surface area contributed by atoms with Gasteiger partial charge in [0.05, 0.1) is 26.1 Å². The molecular weight excluding hydrogens is 1130 g/mol. The van der Waals surface area contributed by atoms with Crippen molar-refractivity contribution < 1.29 is 72.5 Å². The Morgan fingerprint density at radius 3 is 1.85 bits per heavy atom. The molecule has 448 valence electrons. The van der Waals surface area contributed by atoms with Crippen molar-refractivity contribution in [3.63, 3.8) is 0 Å². The van der Waals surface area contributed by atoms with E-state index in [-0.39, 0.29) is 74.2 Å². The molecule has 80 heavy (non-hydrogen) atoms. The number of hydrogen-bond acceptors (Lipinski definition) is 20. The van der Waals surface area contributed by atoms with Crippen molar-refractivity contribution in [1.29, 1.82) is 0 Å². The lowest BCUT2D eigenvalue weighted by molar-refractivity contribution is -0.146. The summed E-state index contributed by atoms with van der Waals surface area (Å²) < 4.78 is 0. The molecule has 12 amide bonds. The van der Waals surface area contributed by atoms with Gasteiger partial charge in [-0.25, -0.2) is 0 Å². The van der Waals surface area contributed by atoms with Gasteiger partial charge in [0.2, 0.25) is 70.9 Å². The first-order valence-electron chi connectivity index (χ1n) is 25.6. The highest BCUT2D eigenvalue weighted by atomic mass is 33.1. The fourth-order valence-corrected chi connectivity index (χ4v) is 12.6. The number of carboxylic acid groups (broad SMARTS) is 1. The minimum Gasteiger partial charge on any atom is -0.481 e. The summed E-state index contributed by atoms with van der Waals surface area (Å²) in [6.45, 7) is 2.46. The maximum atomic E-state index is 14.5. The molecule has 3 saturated heterocycles. The lowest BCUT2D eigenvalue weighted by atomic mass is 10.0. The number of carbonyl (C=O) groups excluding carboxylic acids is 12. The third-order valence-electron chi connectivity index (χ3n) is 12.3. The SMILES string of the molecule is CCCC[C@@H]1NC(=O)[C@H](C(C)C)NC(=O)[C@@H]2CSSC[C@H](NC(=O)CN)C(=O)N[C@@H](CSSC[C@@H](C(N)=O)NC(=O)CNC1=O)C(=O)N[C@@H](CO)C(=O)N[C@@H](CC(=O)O)C(=O)N1CCC[C@H]1C(=O)N[C@@H](CCCN=C(N)N)C(=O)N2. The van der Waals surface area contributed by atoms with Gasteiger partial charge in [0.25, 0.3) is 0 Å². The molecule has 0 aliphatic carbocycles. The second-order valence-corrected chi connectivity index (χ2v) is 24.0. The van der Waals surface area contributed by atoms with E-state index in [1.807, 2.05) is 6.92 Å². The monoisotopic (exact) mass is 1210 g/mol. The number of aliphatic hydroxyl groups excluding tert-OH is 1. The Morgan fingerprint density at radius 1 is 0.688 bits per heavy atom. The van der Waals surface area contributed by atoms with Gasteiger partial charge in [0.15, 0.2) is 5.96 Å². The fourth-order valence-electron chi connectivity index (χ4n) is 7.93. The molecule has 0 spiro atoms. The van der Waals surface area contributed by atoms with E-state index >= 15 is 0 Å². The van der Waals surface area contributed by atoms with Crippen LogP contribution in [0.2, 0.25) is 0 Å². The van der Waals surface area contributed by atoms with E-state index in [0.717, 1.165) is 48.1 Å². The number of amides is 12. The molecule has 0 aromatic carbocycles. The van der Waals surface area contributed by atoms with Crippen molar-refractivity contribution in [2.24, 2.45) is 33.8 Å². The van der Waals surface area contributed by atoms with E-state index in [0.29, 0.717) is 12.8 Å². The van der Waals surface area contributed by atoms with Crippen molar-refractivity contribution in [2.45, 2.75) is 133 Å². The van der Waals surface area contributed by atoms with Crippen LogP contribution in [0.5, 0.6) is 0 Å². The van der Waals surface area contributed by atoms with E-state index < -0.39 is 169 Å². The van der Waals surface area contributed by atoms with Crippen molar-refractivity contribution in [2.75, 3.05) is 55.8 Å². The second kappa shape index (κ2) is 34.8. The first-order valence-corrected chi connectivity index (χ1v) is 30.5. The highest BCUT2D eigenvalue weighted by Crippen LogP contribution is 2.26. The van der Waals surface area contributed by atoms with Crippen LogP contribution in [0.4, 0.5) is 0 Å². The molecule has 2 bridgehead atoms. The molecular formula is C45H74N16O15S4. The summed E-state index contributed by atoms with van der Waals surface area (Å²) in [5.41, 5.74) is 22.2.